The molecule has 0 unspecified atom stereocenters. The summed E-state index contributed by atoms with van der Waals surface area (Å²) < 4.78 is 1.29. The van der Waals surface area contributed by atoms with Crippen molar-refractivity contribution in [2.45, 2.75) is 20.8 Å². The summed E-state index contributed by atoms with van der Waals surface area (Å²) in [5.41, 5.74) is 5.61. The van der Waals surface area contributed by atoms with Crippen molar-refractivity contribution in [1.82, 2.24) is 9.66 Å². The van der Waals surface area contributed by atoms with Crippen molar-refractivity contribution in [2.75, 3.05) is 5.43 Å². The van der Waals surface area contributed by atoms with E-state index in [2.05, 4.69) is 10.4 Å². The van der Waals surface area contributed by atoms with Gasteiger partial charge in [-0.05, 0) is 44.1 Å². The molecule has 8 heteroatoms. The van der Waals surface area contributed by atoms with Gasteiger partial charge in [0.15, 0.2) is 0 Å². The number of aryl methyl sites for hydroxylation is 2. The third-order valence-corrected chi connectivity index (χ3v) is 7.05. The Bertz CT molecular complexity index is 1330. The molecule has 1 aromatic carbocycles. The molecule has 0 fully saturated rings. The first kappa shape index (κ1) is 18.8. The van der Waals surface area contributed by atoms with Gasteiger partial charge in [-0.2, -0.15) is 4.68 Å². The molecule has 3 heterocycles. The van der Waals surface area contributed by atoms with Gasteiger partial charge in [0.05, 0.1) is 10.9 Å². The number of amides is 1. The van der Waals surface area contributed by atoms with Crippen LogP contribution in [0.3, 0.4) is 0 Å². The summed E-state index contributed by atoms with van der Waals surface area (Å²) in [5.74, 6) is -0.351. The van der Waals surface area contributed by atoms with E-state index in [9.17, 15) is 9.59 Å². The van der Waals surface area contributed by atoms with Crippen molar-refractivity contribution < 1.29 is 4.79 Å². The van der Waals surface area contributed by atoms with Gasteiger partial charge in [-0.15, -0.1) is 22.7 Å². The number of carbonyl (C=O) groups excluding carboxylic acids is 1. The number of rotatable bonds is 3. The molecule has 2 N–H and O–H groups in total. The lowest BCUT2D eigenvalue weighted by atomic mass is 10.0. The molecule has 4 aromatic rings. The fraction of sp³-hybridized carbons (Fsp3) is 0.150. The van der Waals surface area contributed by atoms with Crippen molar-refractivity contribution >= 4 is 51.0 Å². The van der Waals surface area contributed by atoms with Crippen LogP contribution in [0, 0.1) is 25.5 Å². The fourth-order valence-corrected chi connectivity index (χ4v) is 5.37. The van der Waals surface area contributed by atoms with Crippen LogP contribution in [0.25, 0.3) is 21.3 Å². The third-order valence-electron chi connectivity index (χ3n) is 4.73. The molecule has 0 saturated carbocycles. The molecule has 142 valence electrons. The fourth-order valence-electron chi connectivity index (χ4n) is 3.15. The van der Waals surface area contributed by atoms with E-state index in [-0.39, 0.29) is 16.2 Å². The number of aromatic nitrogens is 2. The summed E-state index contributed by atoms with van der Waals surface area (Å²) in [6.45, 7) is 5.83. The smallest absolute Gasteiger partial charge is 0.282 e. The molecule has 5 nitrogen and oxygen atoms in total. The van der Waals surface area contributed by atoms with Crippen LogP contribution < -0.4 is 11.0 Å². The topological polar surface area (TPSA) is 66.9 Å². The highest BCUT2D eigenvalue weighted by molar-refractivity contribution is 7.71. The number of H-pyrrole nitrogens is 1. The molecule has 0 spiro atoms. The summed E-state index contributed by atoms with van der Waals surface area (Å²) in [5, 5.41) is 2.32. The van der Waals surface area contributed by atoms with Crippen LogP contribution in [0.5, 0.6) is 0 Å². The maximum absolute atomic E-state index is 13.3. The van der Waals surface area contributed by atoms with Crippen LogP contribution in [0.4, 0.5) is 0 Å². The van der Waals surface area contributed by atoms with Crippen molar-refractivity contribution in [1.29, 1.82) is 0 Å². The van der Waals surface area contributed by atoms with Crippen molar-refractivity contribution in [3.05, 3.63) is 71.7 Å². The number of nitrogens with one attached hydrogen (secondary N) is 2. The first-order valence-corrected chi connectivity index (χ1v) is 10.7. The Morgan fingerprint density at radius 2 is 1.86 bits per heavy atom. The second-order valence-corrected chi connectivity index (χ2v) is 9.14. The molecular formula is C20H17N3O2S3. The number of benzene rings is 1. The summed E-state index contributed by atoms with van der Waals surface area (Å²) in [6.07, 6.45) is 0. The molecule has 28 heavy (non-hydrogen) atoms. The molecule has 0 aliphatic carbocycles. The van der Waals surface area contributed by atoms with Crippen LogP contribution in [0.1, 0.15) is 25.7 Å². The zero-order valence-corrected chi connectivity index (χ0v) is 17.9. The Kier molecular flexibility index (Phi) is 4.78. The lowest BCUT2D eigenvalue weighted by Crippen LogP contribution is -2.34. The first-order valence-electron chi connectivity index (χ1n) is 8.58. The van der Waals surface area contributed by atoms with Crippen molar-refractivity contribution in [3.63, 3.8) is 0 Å². The van der Waals surface area contributed by atoms with Crippen molar-refractivity contribution in [3.8, 4) is 11.1 Å². The summed E-state index contributed by atoms with van der Waals surface area (Å²) >= 11 is 8.33. The van der Waals surface area contributed by atoms with Crippen LogP contribution in [0.2, 0.25) is 0 Å². The molecular weight excluding hydrogens is 410 g/mol. The standard InChI is InChI=1S/C20H17N3O2S3/c1-10-11(2)27-9-14(10)17(24)22-23-19(25)16-15(13-7-5-4-6-8-13)12(3)28-18(16)21-20(23)26/h4-9H,1-3H3,(H,21,26)(H,22,24). The number of nitrogens with zero attached hydrogens (tertiary/aromatic N) is 1. The third kappa shape index (κ3) is 3.03. The summed E-state index contributed by atoms with van der Waals surface area (Å²) in [4.78, 5) is 31.9. The zero-order valence-electron chi connectivity index (χ0n) is 15.5. The predicted octanol–water partition coefficient (Wildman–Crippen LogP) is 5.16. The number of carbonyl (C=O) groups is 1. The Labute approximate surface area is 174 Å². The van der Waals surface area contributed by atoms with Crippen LogP contribution in [-0.2, 0) is 0 Å². The van der Waals surface area contributed by atoms with Gasteiger partial charge >= 0.3 is 0 Å². The highest BCUT2D eigenvalue weighted by atomic mass is 32.1. The normalized spacial score (nSPS) is 11.1. The van der Waals surface area contributed by atoms with Crippen LogP contribution in [0.15, 0.2) is 40.5 Å². The van der Waals surface area contributed by atoms with E-state index < -0.39 is 0 Å². The minimum Gasteiger partial charge on any atom is -0.322 e. The Balaban J connectivity index is 1.89. The number of hydrogen-bond donors (Lipinski definition) is 2. The molecule has 0 bridgehead atoms. The molecule has 4 rings (SSSR count). The van der Waals surface area contributed by atoms with Gasteiger partial charge in [0.2, 0.25) is 4.77 Å². The average Bonchev–Trinajstić information content (AvgIpc) is 3.18. The molecule has 0 aliphatic heterocycles. The van der Waals surface area contributed by atoms with E-state index in [0.29, 0.717) is 15.8 Å². The first-order chi connectivity index (χ1) is 13.4. The second kappa shape index (κ2) is 7.12. The molecule has 1 amide bonds. The lowest BCUT2D eigenvalue weighted by molar-refractivity contribution is 0.101. The van der Waals surface area contributed by atoms with Crippen molar-refractivity contribution in [2.24, 2.45) is 0 Å². The minimum absolute atomic E-state index is 0.163. The molecule has 0 atom stereocenters. The zero-order chi connectivity index (χ0) is 20.0. The van der Waals surface area contributed by atoms with E-state index in [1.807, 2.05) is 51.1 Å². The van der Waals surface area contributed by atoms with Gasteiger partial charge < -0.3 is 4.98 Å². The van der Waals surface area contributed by atoms with Crippen LogP contribution >= 0.6 is 34.9 Å². The van der Waals surface area contributed by atoms with Gasteiger partial charge in [-0.3, -0.25) is 15.0 Å². The Morgan fingerprint density at radius 3 is 2.50 bits per heavy atom. The van der Waals surface area contributed by atoms with Gasteiger partial charge in [0.25, 0.3) is 11.5 Å². The number of fused-ring (bicyclic) bond motifs is 1. The van der Waals surface area contributed by atoms with Gasteiger partial charge in [-0.1, -0.05) is 30.3 Å². The largest absolute Gasteiger partial charge is 0.322 e. The number of thiophene rings is 2. The van der Waals surface area contributed by atoms with E-state index in [1.165, 1.54) is 22.7 Å². The molecule has 0 radical (unpaired) electrons. The second-order valence-electron chi connectivity index (χ2n) is 6.45. The number of aromatic amines is 1. The maximum Gasteiger partial charge on any atom is 0.282 e. The van der Waals surface area contributed by atoms with E-state index in [0.717, 1.165) is 31.1 Å². The quantitative estimate of drug-likeness (QED) is 0.444. The van der Waals surface area contributed by atoms with Crippen LogP contribution in [-0.4, -0.2) is 15.6 Å². The Morgan fingerprint density at radius 1 is 1.14 bits per heavy atom. The van der Waals surface area contributed by atoms with Gasteiger partial charge in [0, 0.05) is 20.7 Å². The van der Waals surface area contributed by atoms with Gasteiger partial charge in [0.1, 0.15) is 4.83 Å². The summed E-state index contributed by atoms with van der Waals surface area (Å²) in [7, 11) is 0. The predicted molar refractivity (Wildman–Crippen MR) is 119 cm³/mol. The van der Waals surface area contributed by atoms with E-state index >= 15 is 0 Å². The SMILES string of the molecule is Cc1scc(C(=O)Nn2c(=S)[nH]c3sc(C)c(-c4ccccc4)c3c2=O)c1C. The van der Waals surface area contributed by atoms with E-state index in [1.54, 1.807) is 5.38 Å². The summed E-state index contributed by atoms with van der Waals surface area (Å²) in [6, 6.07) is 9.74. The average molecular weight is 428 g/mol. The minimum atomic E-state index is -0.351. The molecule has 3 aromatic heterocycles. The molecule has 0 aliphatic rings. The number of hydrogen-bond acceptors (Lipinski definition) is 5. The lowest BCUT2D eigenvalue weighted by Gasteiger charge is -2.09. The van der Waals surface area contributed by atoms with Gasteiger partial charge in [-0.25, -0.2) is 0 Å². The maximum atomic E-state index is 13.3. The monoisotopic (exact) mass is 427 g/mol. The highest BCUT2D eigenvalue weighted by Gasteiger charge is 2.19. The highest BCUT2D eigenvalue weighted by Crippen LogP contribution is 2.35. The Hall–Kier alpha value is -2.55. The van der Waals surface area contributed by atoms with E-state index in [4.69, 9.17) is 12.2 Å². The molecule has 0 saturated heterocycles.